The minimum absolute atomic E-state index is 0.0493. The van der Waals surface area contributed by atoms with Gasteiger partial charge >= 0.3 is 0 Å². The zero-order valence-electron chi connectivity index (χ0n) is 20.0. The fourth-order valence-corrected chi connectivity index (χ4v) is 4.66. The van der Waals surface area contributed by atoms with Crippen LogP contribution in [-0.4, -0.2) is 9.97 Å². The summed E-state index contributed by atoms with van der Waals surface area (Å²) >= 11 is 1.56. The fraction of sp³-hybridized carbons (Fsp3) is 0.172. The number of hydrogen-bond acceptors (Lipinski definition) is 6. The normalized spacial score (nSPS) is 11.4. The van der Waals surface area contributed by atoms with Crippen molar-refractivity contribution in [3.8, 4) is 17.4 Å². The maximum atomic E-state index is 6.29. The Morgan fingerprint density at radius 2 is 1.69 bits per heavy atom. The average molecular weight is 482 g/mol. The number of ether oxygens (including phenoxy) is 2. The lowest BCUT2D eigenvalue weighted by Gasteiger charge is -2.22. The third-order valence-electron chi connectivity index (χ3n) is 5.52. The van der Waals surface area contributed by atoms with Gasteiger partial charge in [0.2, 0.25) is 5.88 Å². The summed E-state index contributed by atoms with van der Waals surface area (Å²) in [6.45, 7) is 7.05. The van der Waals surface area contributed by atoms with Gasteiger partial charge in [0, 0.05) is 11.8 Å². The summed E-state index contributed by atoms with van der Waals surface area (Å²) in [5, 5.41) is 4.16. The number of nitrogens with one attached hydrogen (secondary N) is 1. The fourth-order valence-electron chi connectivity index (χ4n) is 3.75. The minimum Gasteiger partial charge on any atom is -0.489 e. The second-order valence-electron chi connectivity index (χ2n) is 9.25. The van der Waals surface area contributed by atoms with Crippen LogP contribution in [0.1, 0.15) is 31.9 Å². The molecular formula is C29H27N3O2S. The van der Waals surface area contributed by atoms with Crippen molar-refractivity contribution in [3.63, 3.8) is 0 Å². The van der Waals surface area contributed by atoms with E-state index >= 15 is 0 Å². The number of pyridine rings is 1. The maximum absolute atomic E-state index is 6.29. The van der Waals surface area contributed by atoms with Crippen molar-refractivity contribution in [2.75, 3.05) is 5.32 Å². The highest BCUT2D eigenvalue weighted by atomic mass is 32.1. The summed E-state index contributed by atoms with van der Waals surface area (Å²) in [5.74, 6) is 2.13. The first-order valence-corrected chi connectivity index (χ1v) is 12.3. The topological polar surface area (TPSA) is 56.3 Å². The lowest BCUT2D eigenvalue weighted by molar-refractivity contribution is 0.306. The molecule has 0 aliphatic carbocycles. The number of hydrogen-bond donors (Lipinski definition) is 1. The van der Waals surface area contributed by atoms with E-state index in [1.807, 2.05) is 66.7 Å². The molecule has 35 heavy (non-hydrogen) atoms. The molecule has 2 aromatic heterocycles. The number of rotatable bonds is 7. The Morgan fingerprint density at radius 1 is 0.886 bits per heavy atom. The monoisotopic (exact) mass is 481 g/mol. The highest BCUT2D eigenvalue weighted by Gasteiger charge is 2.20. The number of thiazole rings is 1. The molecule has 0 unspecified atom stereocenters. The van der Waals surface area contributed by atoms with Gasteiger partial charge in [-0.05, 0) is 47.4 Å². The molecule has 0 atom stereocenters. The van der Waals surface area contributed by atoms with Crippen molar-refractivity contribution in [1.29, 1.82) is 0 Å². The summed E-state index contributed by atoms with van der Waals surface area (Å²) in [6, 6.07) is 28.0. The molecule has 0 bridgehead atoms. The van der Waals surface area contributed by atoms with Crippen LogP contribution in [0.15, 0.2) is 91.1 Å². The molecule has 0 amide bonds. The predicted octanol–water partition coefficient (Wildman–Crippen LogP) is 8.10. The van der Waals surface area contributed by atoms with Crippen molar-refractivity contribution < 1.29 is 9.47 Å². The molecule has 0 aliphatic heterocycles. The van der Waals surface area contributed by atoms with Crippen LogP contribution in [0.5, 0.6) is 17.4 Å². The number of benzene rings is 3. The van der Waals surface area contributed by atoms with E-state index in [1.165, 1.54) is 0 Å². The van der Waals surface area contributed by atoms with Crippen molar-refractivity contribution in [3.05, 3.63) is 102 Å². The Balaban J connectivity index is 1.35. The zero-order chi connectivity index (χ0) is 24.3. The van der Waals surface area contributed by atoms with Crippen LogP contribution < -0.4 is 14.8 Å². The number of anilines is 2. The van der Waals surface area contributed by atoms with E-state index in [9.17, 15) is 0 Å². The van der Waals surface area contributed by atoms with Crippen molar-refractivity contribution in [2.45, 2.75) is 32.8 Å². The van der Waals surface area contributed by atoms with E-state index in [0.29, 0.717) is 12.5 Å². The number of fused-ring (bicyclic) bond motifs is 1. The molecule has 0 radical (unpaired) electrons. The Bertz CT molecular complexity index is 1440. The van der Waals surface area contributed by atoms with Gasteiger partial charge < -0.3 is 14.8 Å². The van der Waals surface area contributed by atoms with E-state index in [1.54, 1.807) is 17.5 Å². The standard InChI is InChI=1S/C29H27N3O2S/c1-29(2,3)22-12-7-8-14-25(22)34-27-24(13-9-17-30-27)32-28-31-23-16-15-21(18-26(23)35-28)33-19-20-10-5-4-6-11-20/h4-18H,19H2,1-3H3,(H,31,32). The number of nitrogens with zero attached hydrogens (tertiary/aromatic N) is 2. The summed E-state index contributed by atoms with van der Waals surface area (Å²) in [7, 11) is 0. The Kier molecular flexibility index (Phi) is 6.38. The predicted molar refractivity (Wildman–Crippen MR) is 143 cm³/mol. The van der Waals surface area contributed by atoms with Crippen LogP contribution in [0, 0.1) is 0 Å². The van der Waals surface area contributed by atoms with E-state index in [2.05, 4.69) is 49.3 Å². The minimum atomic E-state index is -0.0493. The van der Waals surface area contributed by atoms with Gasteiger partial charge in [-0.1, -0.05) is 80.6 Å². The third kappa shape index (κ3) is 5.44. The molecule has 3 aromatic carbocycles. The molecule has 0 spiro atoms. The molecular weight excluding hydrogens is 454 g/mol. The van der Waals surface area contributed by atoms with Gasteiger partial charge in [0.15, 0.2) is 5.13 Å². The summed E-state index contributed by atoms with van der Waals surface area (Å²) in [6.07, 6.45) is 1.73. The first kappa shape index (κ1) is 22.9. The third-order valence-corrected chi connectivity index (χ3v) is 6.46. The van der Waals surface area contributed by atoms with Crippen LogP contribution in [0.2, 0.25) is 0 Å². The lowest BCUT2D eigenvalue weighted by Crippen LogP contribution is -2.12. The Labute approximate surface area is 209 Å². The first-order chi connectivity index (χ1) is 17.0. The van der Waals surface area contributed by atoms with Crippen molar-refractivity contribution in [2.24, 2.45) is 0 Å². The van der Waals surface area contributed by atoms with Gasteiger partial charge in [-0.15, -0.1) is 0 Å². The molecule has 2 heterocycles. The second kappa shape index (κ2) is 9.76. The highest BCUT2D eigenvalue weighted by molar-refractivity contribution is 7.22. The largest absolute Gasteiger partial charge is 0.489 e. The van der Waals surface area contributed by atoms with Gasteiger partial charge in [-0.3, -0.25) is 0 Å². The lowest BCUT2D eigenvalue weighted by atomic mass is 9.86. The molecule has 5 rings (SSSR count). The molecule has 176 valence electrons. The Hall–Kier alpha value is -3.90. The second-order valence-corrected chi connectivity index (χ2v) is 10.3. The molecule has 0 aliphatic rings. The molecule has 6 heteroatoms. The highest BCUT2D eigenvalue weighted by Crippen LogP contribution is 2.37. The number of para-hydroxylation sites is 1. The van der Waals surface area contributed by atoms with E-state index in [4.69, 9.17) is 14.5 Å². The van der Waals surface area contributed by atoms with Gasteiger partial charge in [-0.2, -0.15) is 0 Å². The zero-order valence-corrected chi connectivity index (χ0v) is 20.8. The van der Waals surface area contributed by atoms with Crippen molar-refractivity contribution >= 4 is 32.4 Å². The van der Waals surface area contributed by atoms with E-state index < -0.39 is 0 Å². The van der Waals surface area contributed by atoms with E-state index in [-0.39, 0.29) is 5.41 Å². The Morgan fingerprint density at radius 3 is 2.51 bits per heavy atom. The van der Waals surface area contributed by atoms with Gasteiger partial charge in [0.05, 0.1) is 10.2 Å². The molecule has 0 saturated carbocycles. The van der Waals surface area contributed by atoms with Crippen LogP contribution in [-0.2, 0) is 12.0 Å². The first-order valence-electron chi connectivity index (χ1n) is 11.5. The smallest absolute Gasteiger partial charge is 0.243 e. The van der Waals surface area contributed by atoms with Gasteiger partial charge in [0.1, 0.15) is 23.8 Å². The molecule has 5 aromatic rings. The van der Waals surface area contributed by atoms with Crippen LogP contribution >= 0.6 is 11.3 Å². The molecule has 1 N–H and O–H groups in total. The van der Waals surface area contributed by atoms with E-state index in [0.717, 1.165) is 43.7 Å². The van der Waals surface area contributed by atoms with Crippen LogP contribution in [0.3, 0.4) is 0 Å². The van der Waals surface area contributed by atoms with Crippen molar-refractivity contribution in [1.82, 2.24) is 9.97 Å². The molecule has 5 nitrogen and oxygen atoms in total. The summed E-state index contributed by atoms with van der Waals surface area (Å²) < 4.78 is 13.3. The van der Waals surface area contributed by atoms with Crippen LogP contribution in [0.25, 0.3) is 10.2 Å². The summed E-state index contributed by atoms with van der Waals surface area (Å²) in [5.41, 5.74) is 3.88. The van der Waals surface area contributed by atoms with Crippen LogP contribution in [0.4, 0.5) is 10.8 Å². The molecule has 0 fully saturated rings. The maximum Gasteiger partial charge on any atom is 0.243 e. The SMILES string of the molecule is CC(C)(C)c1ccccc1Oc1ncccc1Nc1nc2ccc(OCc3ccccc3)cc2s1. The summed E-state index contributed by atoms with van der Waals surface area (Å²) in [4.78, 5) is 9.23. The van der Waals surface area contributed by atoms with Gasteiger partial charge in [0.25, 0.3) is 0 Å². The quantitative estimate of drug-likeness (QED) is 0.254. The molecule has 0 saturated heterocycles. The van der Waals surface area contributed by atoms with Gasteiger partial charge in [-0.25, -0.2) is 9.97 Å². The number of aromatic nitrogens is 2. The average Bonchev–Trinajstić information content (AvgIpc) is 3.26.